The number of nitro benzene ring substituents is 1. The maximum Gasteiger partial charge on any atom is 0.379 e. The summed E-state index contributed by atoms with van der Waals surface area (Å²) in [4.78, 5) is 74.9. The van der Waals surface area contributed by atoms with Gasteiger partial charge in [0.1, 0.15) is 11.3 Å². The second-order valence-corrected chi connectivity index (χ2v) is 8.31. The Morgan fingerprint density at radius 2 is 1.60 bits per heavy atom. The van der Waals surface area contributed by atoms with Gasteiger partial charge in [-0.25, -0.2) is 14.5 Å². The van der Waals surface area contributed by atoms with Gasteiger partial charge in [0.25, 0.3) is 17.5 Å². The Morgan fingerprint density at radius 3 is 2.30 bits per heavy atom. The van der Waals surface area contributed by atoms with Crippen LogP contribution in [-0.4, -0.2) is 41.1 Å². The molecule has 0 unspecified atom stereocenters. The zero-order valence-corrected chi connectivity index (χ0v) is 20.3. The summed E-state index contributed by atoms with van der Waals surface area (Å²) in [5.41, 5.74) is -1.28. The maximum absolute atomic E-state index is 13.1. The number of benzene rings is 3. The Kier molecular flexibility index (Phi) is 6.72. The number of hydrogen-bond acceptors (Lipinski definition) is 10. The van der Waals surface area contributed by atoms with Gasteiger partial charge >= 0.3 is 11.9 Å². The molecule has 0 fully saturated rings. The Labute approximate surface area is 224 Å². The van der Waals surface area contributed by atoms with E-state index in [0.717, 1.165) is 6.07 Å². The molecule has 0 radical (unpaired) electrons. The Balaban J connectivity index is 1.28. The molecule has 0 N–H and O–H groups in total. The summed E-state index contributed by atoms with van der Waals surface area (Å²) in [5, 5.41) is 11.4. The molecule has 0 saturated heterocycles. The second-order valence-electron chi connectivity index (χ2n) is 8.31. The summed E-state index contributed by atoms with van der Waals surface area (Å²) < 4.78 is 15.3. The van der Waals surface area contributed by atoms with Crippen LogP contribution in [0.4, 0.5) is 11.4 Å². The highest BCUT2D eigenvalue weighted by Crippen LogP contribution is 2.35. The van der Waals surface area contributed by atoms with Crippen LogP contribution in [-0.2, 0) is 4.74 Å². The molecular formula is C28H16N2O10. The van der Waals surface area contributed by atoms with Crippen LogP contribution in [0.15, 0.2) is 89.5 Å². The van der Waals surface area contributed by atoms with Gasteiger partial charge in [-0.1, -0.05) is 18.2 Å². The first kappa shape index (κ1) is 25.7. The fourth-order valence-electron chi connectivity index (χ4n) is 4.03. The fourth-order valence-corrected chi connectivity index (χ4v) is 4.03. The number of ether oxygens (including phenoxy) is 2. The van der Waals surface area contributed by atoms with Gasteiger partial charge in [-0.3, -0.25) is 24.5 Å². The van der Waals surface area contributed by atoms with Crippen molar-refractivity contribution in [2.75, 3.05) is 11.5 Å². The minimum atomic E-state index is -1.00. The number of rotatable bonds is 8. The average Bonchev–Trinajstić information content (AvgIpc) is 3.59. The van der Waals surface area contributed by atoms with Crippen LogP contribution in [0, 0.1) is 10.1 Å². The van der Waals surface area contributed by atoms with E-state index < -0.39 is 46.8 Å². The van der Waals surface area contributed by atoms with Gasteiger partial charge in [0.15, 0.2) is 12.4 Å². The zero-order chi connectivity index (χ0) is 28.4. The standard InChI is InChI=1S/C28H16N2O10/c31-22(16-10-12-17(13-11-16)40-28(35)23-9-4-14-38-23)15-39-27(34)18-5-1-2-7-20(18)29-25(32)19-6-3-8-21(30(36)37)24(19)26(29)33/h1-14H,15H2. The van der Waals surface area contributed by atoms with E-state index in [9.17, 15) is 34.1 Å². The van der Waals surface area contributed by atoms with Gasteiger partial charge < -0.3 is 13.9 Å². The third-order valence-electron chi connectivity index (χ3n) is 5.90. The van der Waals surface area contributed by atoms with Gasteiger partial charge in [0.2, 0.25) is 5.76 Å². The number of anilines is 1. The monoisotopic (exact) mass is 540 g/mol. The molecule has 1 aliphatic heterocycles. The Bertz CT molecular complexity index is 1690. The number of amides is 2. The smallest absolute Gasteiger partial charge is 0.379 e. The van der Waals surface area contributed by atoms with Crippen molar-refractivity contribution < 1.29 is 42.8 Å². The average molecular weight is 540 g/mol. The van der Waals surface area contributed by atoms with E-state index in [-0.39, 0.29) is 39.5 Å². The highest BCUT2D eigenvalue weighted by atomic mass is 16.6. The normalized spacial score (nSPS) is 12.2. The molecule has 1 aromatic heterocycles. The van der Waals surface area contributed by atoms with Crippen LogP contribution in [0.3, 0.4) is 0 Å². The molecule has 40 heavy (non-hydrogen) atoms. The fraction of sp³-hybridized carbons (Fsp3) is 0.0357. The minimum Gasteiger partial charge on any atom is -0.457 e. The first-order chi connectivity index (χ1) is 19.3. The van der Waals surface area contributed by atoms with E-state index >= 15 is 0 Å². The molecule has 5 rings (SSSR count). The number of imide groups is 1. The molecule has 0 aliphatic carbocycles. The van der Waals surface area contributed by atoms with E-state index in [0.29, 0.717) is 4.90 Å². The number of ketones is 1. The number of nitrogens with zero attached hydrogens (tertiary/aromatic N) is 2. The van der Waals surface area contributed by atoms with Crippen molar-refractivity contribution in [1.82, 2.24) is 0 Å². The predicted octanol–water partition coefficient (Wildman–Crippen LogP) is 4.25. The number of para-hydroxylation sites is 1. The number of carbonyl (C=O) groups excluding carboxylic acids is 5. The van der Waals surface area contributed by atoms with Crippen LogP contribution in [0.1, 0.15) is 52.0 Å². The molecule has 3 aromatic carbocycles. The molecule has 4 aromatic rings. The number of fused-ring (bicyclic) bond motifs is 1. The second kappa shape index (κ2) is 10.5. The molecule has 0 spiro atoms. The lowest BCUT2D eigenvalue weighted by atomic mass is 10.1. The Morgan fingerprint density at radius 1 is 0.850 bits per heavy atom. The minimum absolute atomic E-state index is 0.00628. The molecule has 198 valence electrons. The number of Topliss-reactive ketones (excluding diaryl/α,β-unsaturated/α-hetero) is 1. The Hall–Kier alpha value is -5.91. The molecule has 0 bridgehead atoms. The van der Waals surface area contributed by atoms with Crippen LogP contribution in [0.25, 0.3) is 0 Å². The number of carbonyl (C=O) groups is 5. The highest BCUT2D eigenvalue weighted by Gasteiger charge is 2.43. The van der Waals surface area contributed by atoms with Gasteiger partial charge in [0, 0.05) is 11.6 Å². The maximum atomic E-state index is 13.1. The van der Waals surface area contributed by atoms with Crippen molar-refractivity contribution in [3.63, 3.8) is 0 Å². The van der Waals surface area contributed by atoms with Crippen molar-refractivity contribution in [2.45, 2.75) is 0 Å². The van der Waals surface area contributed by atoms with Crippen molar-refractivity contribution in [2.24, 2.45) is 0 Å². The van der Waals surface area contributed by atoms with Gasteiger partial charge in [-0.2, -0.15) is 0 Å². The number of esters is 2. The number of hydrogen-bond donors (Lipinski definition) is 0. The van der Waals surface area contributed by atoms with Crippen molar-refractivity contribution in [3.05, 3.63) is 123 Å². The number of nitro groups is 1. The van der Waals surface area contributed by atoms with E-state index in [1.165, 1.54) is 79.1 Å². The van der Waals surface area contributed by atoms with Crippen LogP contribution >= 0.6 is 0 Å². The molecule has 0 saturated carbocycles. The summed E-state index contributed by atoms with van der Waals surface area (Å²) in [6.07, 6.45) is 1.32. The summed E-state index contributed by atoms with van der Waals surface area (Å²) in [6, 6.07) is 17.7. The lowest BCUT2D eigenvalue weighted by Gasteiger charge is -2.17. The van der Waals surface area contributed by atoms with Crippen molar-refractivity contribution in [3.8, 4) is 5.75 Å². The first-order valence-corrected chi connectivity index (χ1v) is 11.6. The third kappa shape index (κ3) is 4.72. The molecule has 12 heteroatoms. The molecule has 2 amide bonds. The lowest BCUT2D eigenvalue weighted by Crippen LogP contribution is -2.31. The largest absolute Gasteiger partial charge is 0.457 e. The summed E-state index contributed by atoms with van der Waals surface area (Å²) in [7, 11) is 0. The van der Waals surface area contributed by atoms with Gasteiger partial charge in [-0.05, 0) is 54.6 Å². The first-order valence-electron chi connectivity index (χ1n) is 11.6. The van der Waals surface area contributed by atoms with Crippen LogP contribution < -0.4 is 9.64 Å². The van der Waals surface area contributed by atoms with Crippen molar-refractivity contribution in [1.29, 1.82) is 0 Å². The van der Waals surface area contributed by atoms with Crippen molar-refractivity contribution >= 4 is 40.9 Å². The van der Waals surface area contributed by atoms with E-state index in [1.807, 2.05) is 0 Å². The van der Waals surface area contributed by atoms with E-state index in [2.05, 4.69) is 0 Å². The van der Waals surface area contributed by atoms with Gasteiger partial charge in [-0.15, -0.1) is 0 Å². The van der Waals surface area contributed by atoms with E-state index in [4.69, 9.17) is 13.9 Å². The van der Waals surface area contributed by atoms with Crippen LogP contribution in [0.2, 0.25) is 0 Å². The van der Waals surface area contributed by atoms with Crippen LogP contribution in [0.5, 0.6) is 5.75 Å². The quantitative estimate of drug-likeness (QED) is 0.0788. The molecule has 0 atom stereocenters. The van der Waals surface area contributed by atoms with Gasteiger partial charge in [0.05, 0.1) is 28.0 Å². The molecule has 2 heterocycles. The van der Waals surface area contributed by atoms with E-state index in [1.54, 1.807) is 0 Å². The zero-order valence-electron chi connectivity index (χ0n) is 20.3. The topological polar surface area (TPSA) is 163 Å². The highest BCUT2D eigenvalue weighted by molar-refractivity contribution is 6.36. The predicted molar refractivity (Wildman–Crippen MR) is 135 cm³/mol. The summed E-state index contributed by atoms with van der Waals surface area (Å²) in [5.74, 6) is -3.93. The molecule has 1 aliphatic rings. The number of furan rings is 1. The third-order valence-corrected chi connectivity index (χ3v) is 5.90. The lowest BCUT2D eigenvalue weighted by molar-refractivity contribution is -0.385. The summed E-state index contributed by atoms with van der Waals surface area (Å²) >= 11 is 0. The summed E-state index contributed by atoms with van der Waals surface area (Å²) in [6.45, 7) is -0.674. The SMILES string of the molecule is O=C(COC(=O)c1ccccc1N1C(=O)c2cccc([N+](=O)[O-])c2C1=O)c1ccc(OC(=O)c2ccco2)cc1. The molecule has 12 nitrogen and oxygen atoms in total. The molecular weight excluding hydrogens is 524 g/mol.